The van der Waals surface area contributed by atoms with Crippen LogP contribution in [0.1, 0.15) is 30.4 Å². The van der Waals surface area contributed by atoms with E-state index >= 15 is 0 Å². The summed E-state index contributed by atoms with van der Waals surface area (Å²) in [6.07, 6.45) is 3.86. The van der Waals surface area contributed by atoms with Gasteiger partial charge >= 0.3 is 0 Å². The van der Waals surface area contributed by atoms with E-state index in [9.17, 15) is 5.11 Å². The molecule has 15 heavy (non-hydrogen) atoms. The number of aryl methyl sites for hydroxylation is 1. The topological polar surface area (TPSA) is 46.2 Å². The zero-order chi connectivity index (χ0) is 11.1. The lowest BCUT2D eigenvalue weighted by molar-refractivity contribution is 0.464. The molecule has 1 aliphatic carbocycles. The molecule has 0 atom stereocenters. The summed E-state index contributed by atoms with van der Waals surface area (Å²) >= 11 is 6.15. The van der Waals surface area contributed by atoms with Crippen molar-refractivity contribution in [3.63, 3.8) is 0 Å². The molecule has 0 saturated heterocycles. The van der Waals surface area contributed by atoms with E-state index in [2.05, 4.69) is 0 Å². The summed E-state index contributed by atoms with van der Waals surface area (Å²) in [6, 6.07) is 3.53. The number of rotatable bonds is 3. The van der Waals surface area contributed by atoms with Gasteiger partial charge in [-0.1, -0.05) is 17.7 Å². The van der Waals surface area contributed by atoms with Gasteiger partial charge in [-0.25, -0.2) is 0 Å². The Morgan fingerprint density at radius 1 is 1.47 bits per heavy atom. The molecule has 82 valence electrons. The lowest BCUT2D eigenvalue weighted by Crippen LogP contribution is -2.22. The maximum atomic E-state index is 9.71. The molecule has 1 aliphatic rings. The first-order chi connectivity index (χ1) is 7.02. The minimum atomic E-state index is 0.0134. The lowest BCUT2D eigenvalue weighted by Gasteiger charge is -2.12. The van der Waals surface area contributed by atoms with Gasteiger partial charge in [-0.15, -0.1) is 0 Å². The van der Waals surface area contributed by atoms with Gasteiger partial charge in [0.2, 0.25) is 0 Å². The van der Waals surface area contributed by atoms with Crippen LogP contribution in [0, 0.1) is 6.92 Å². The second kappa shape index (κ2) is 3.69. The SMILES string of the molecule is Cc1ccc(O)c(CCC2(N)CC2)c1Cl. The molecule has 1 fully saturated rings. The average molecular weight is 226 g/mol. The van der Waals surface area contributed by atoms with E-state index in [1.54, 1.807) is 6.07 Å². The third kappa shape index (κ3) is 2.27. The van der Waals surface area contributed by atoms with Crippen molar-refractivity contribution in [1.82, 2.24) is 0 Å². The molecule has 0 bridgehead atoms. The van der Waals surface area contributed by atoms with E-state index in [4.69, 9.17) is 17.3 Å². The number of halogens is 1. The highest BCUT2D eigenvalue weighted by Gasteiger charge is 2.37. The van der Waals surface area contributed by atoms with E-state index in [0.717, 1.165) is 36.8 Å². The number of benzene rings is 1. The summed E-state index contributed by atoms with van der Waals surface area (Å²) in [5, 5.41) is 10.4. The van der Waals surface area contributed by atoms with Crippen LogP contribution in [0.3, 0.4) is 0 Å². The van der Waals surface area contributed by atoms with Crippen molar-refractivity contribution in [3.05, 3.63) is 28.3 Å². The van der Waals surface area contributed by atoms with Gasteiger partial charge in [0.1, 0.15) is 5.75 Å². The number of hydrogen-bond acceptors (Lipinski definition) is 2. The van der Waals surface area contributed by atoms with Gasteiger partial charge in [-0.3, -0.25) is 0 Å². The van der Waals surface area contributed by atoms with Crippen molar-refractivity contribution in [2.24, 2.45) is 5.73 Å². The Morgan fingerprint density at radius 2 is 2.13 bits per heavy atom. The molecule has 2 nitrogen and oxygen atoms in total. The first-order valence-corrected chi connectivity index (χ1v) is 5.65. The molecular formula is C12H16ClNO. The number of hydrogen-bond donors (Lipinski definition) is 2. The highest BCUT2D eigenvalue weighted by Crippen LogP contribution is 2.39. The summed E-state index contributed by atoms with van der Waals surface area (Å²) in [5.41, 5.74) is 7.87. The van der Waals surface area contributed by atoms with Gasteiger partial charge in [0, 0.05) is 11.1 Å². The largest absolute Gasteiger partial charge is 0.508 e. The Kier molecular flexibility index (Phi) is 2.65. The van der Waals surface area contributed by atoms with Gasteiger partial charge in [0.25, 0.3) is 0 Å². The van der Waals surface area contributed by atoms with Gasteiger partial charge in [-0.2, -0.15) is 0 Å². The predicted octanol–water partition coefficient (Wildman–Crippen LogP) is 2.78. The van der Waals surface area contributed by atoms with Crippen LogP contribution in [-0.2, 0) is 6.42 Å². The highest BCUT2D eigenvalue weighted by atomic mass is 35.5. The Labute approximate surface area is 95.1 Å². The van der Waals surface area contributed by atoms with E-state index in [0.29, 0.717) is 5.02 Å². The molecular weight excluding hydrogens is 210 g/mol. The fourth-order valence-electron chi connectivity index (χ4n) is 1.75. The third-order valence-corrected chi connectivity index (χ3v) is 3.70. The van der Waals surface area contributed by atoms with E-state index in [1.807, 2.05) is 13.0 Å². The average Bonchev–Trinajstić information content (AvgIpc) is 2.91. The van der Waals surface area contributed by atoms with Crippen molar-refractivity contribution in [1.29, 1.82) is 0 Å². The first-order valence-electron chi connectivity index (χ1n) is 5.28. The Morgan fingerprint density at radius 3 is 2.73 bits per heavy atom. The maximum Gasteiger partial charge on any atom is 0.120 e. The van der Waals surface area contributed by atoms with Crippen LogP contribution in [0.15, 0.2) is 12.1 Å². The molecule has 1 aromatic rings. The molecule has 0 aliphatic heterocycles. The molecule has 0 aromatic heterocycles. The standard InChI is InChI=1S/C12H16ClNO/c1-8-2-3-10(15)9(11(8)13)4-5-12(14)6-7-12/h2-3,15H,4-7,14H2,1H3. The minimum absolute atomic E-state index is 0.0134. The van der Waals surface area contributed by atoms with Crippen LogP contribution in [0.2, 0.25) is 5.02 Å². The Hall–Kier alpha value is -0.730. The molecule has 2 rings (SSSR count). The molecule has 1 aromatic carbocycles. The first kappa shape index (κ1) is 10.8. The maximum absolute atomic E-state index is 9.71. The molecule has 0 spiro atoms. The fraction of sp³-hybridized carbons (Fsp3) is 0.500. The summed E-state index contributed by atoms with van der Waals surface area (Å²) in [4.78, 5) is 0. The van der Waals surface area contributed by atoms with Crippen LogP contribution in [-0.4, -0.2) is 10.6 Å². The van der Waals surface area contributed by atoms with Crippen LogP contribution < -0.4 is 5.73 Å². The zero-order valence-corrected chi connectivity index (χ0v) is 9.64. The number of phenolic OH excluding ortho intramolecular Hbond substituents is 1. The van der Waals surface area contributed by atoms with E-state index < -0.39 is 0 Å². The quantitative estimate of drug-likeness (QED) is 0.831. The van der Waals surface area contributed by atoms with Crippen molar-refractivity contribution < 1.29 is 5.11 Å². The highest BCUT2D eigenvalue weighted by molar-refractivity contribution is 6.32. The van der Waals surface area contributed by atoms with Crippen molar-refractivity contribution in [2.75, 3.05) is 0 Å². The molecule has 0 amide bonds. The molecule has 3 N–H and O–H groups in total. The van der Waals surface area contributed by atoms with Crippen LogP contribution in [0.5, 0.6) is 5.75 Å². The summed E-state index contributed by atoms with van der Waals surface area (Å²) in [6.45, 7) is 1.95. The second-order valence-electron chi connectivity index (χ2n) is 4.56. The van der Waals surface area contributed by atoms with E-state index in [-0.39, 0.29) is 11.3 Å². The molecule has 3 heteroatoms. The van der Waals surface area contributed by atoms with Crippen molar-refractivity contribution in [3.8, 4) is 5.75 Å². The number of nitrogens with two attached hydrogens (primary N) is 1. The van der Waals surface area contributed by atoms with Gasteiger partial charge in [0.15, 0.2) is 0 Å². The van der Waals surface area contributed by atoms with Crippen LogP contribution in [0.25, 0.3) is 0 Å². The minimum Gasteiger partial charge on any atom is -0.508 e. The second-order valence-corrected chi connectivity index (χ2v) is 4.93. The van der Waals surface area contributed by atoms with Crippen LogP contribution in [0.4, 0.5) is 0 Å². The predicted molar refractivity (Wildman–Crippen MR) is 62.3 cm³/mol. The smallest absolute Gasteiger partial charge is 0.120 e. The zero-order valence-electron chi connectivity index (χ0n) is 8.89. The monoisotopic (exact) mass is 225 g/mol. The summed E-state index contributed by atoms with van der Waals surface area (Å²) in [5.74, 6) is 0.287. The molecule has 0 heterocycles. The summed E-state index contributed by atoms with van der Waals surface area (Å²) < 4.78 is 0. The Bertz CT molecular complexity index is 385. The van der Waals surface area contributed by atoms with Crippen molar-refractivity contribution >= 4 is 11.6 Å². The van der Waals surface area contributed by atoms with Crippen molar-refractivity contribution in [2.45, 2.75) is 38.1 Å². The van der Waals surface area contributed by atoms with Gasteiger partial charge in [-0.05, 0) is 44.2 Å². The number of phenols is 1. The van der Waals surface area contributed by atoms with Crippen LogP contribution >= 0.6 is 11.6 Å². The number of aromatic hydroxyl groups is 1. The van der Waals surface area contributed by atoms with Gasteiger partial charge in [0.05, 0.1) is 5.02 Å². The molecule has 0 unspecified atom stereocenters. The van der Waals surface area contributed by atoms with Gasteiger partial charge < -0.3 is 10.8 Å². The van der Waals surface area contributed by atoms with E-state index in [1.165, 1.54) is 0 Å². The Balaban J connectivity index is 2.16. The normalized spacial score (nSPS) is 17.8. The summed E-state index contributed by atoms with van der Waals surface area (Å²) in [7, 11) is 0. The third-order valence-electron chi connectivity index (χ3n) is 3.18. The lowest BCUT2D eigenvalue weighted by atomic mass is 10.0. The molecule has 1 saturated carbocycles. The fourth-order valence-corrected chi connectivity index (χ4v) is 2.00. The molecule has 0 radical (unpaired) electrons.